The van der Waals surface area contributed by atoms with Gasteiger partial charge in [-0.15, -0.1) is 0 Å². The Morgan fingerprint density at radius 1 is 1.14 bits per heavy atom. The Labute approximate surface area is 128 Å². The van der Waals surface area contributed by atoms with Gasteiger partial charge in [-0.3, -0.25) is 9.59 Å². The summed E-state index contributed by atoms with van der Waals surface area (Å²) in [7, 11) is 0. The minimum absolute atomic E-state index is 0.237. The lowest BCUT2D eigenvalue weighted by atomic mass is 10.0. The first-order chi connectivity index (χ1) is 10.6. The molecule has 1 fully saturated rings. The molecule has 1 heterocycles. The number of hydrogen-bond donors (Lipinski definition) is 2. The van der Waals surface area contributed by atoms with Crippen LogP contribution < -0.4 is 10.6 Å². The van der Waals surface area contributed by atoms with Crippen LogP contribution >= 0.6 is 0 Å². The fourth-order valence-electron chi connectivity index (χ4n) is 2.39. The van der Waals surface area contributed by atoms with Crippen LogP contribution in [-0.2, 0) is 16.1 Å². The van der Waals surface area contributed by atoms with Gasteiger partial charge in [-0.2, -0.15) is 0 Å². The summed E-state index contributed by atoms with van der Waals surface area (Å²) < 4.78 is 5.17. The quantitative estimate of drug-likeness (QED) is 0.834. The van der Waals surface area contributed by atoms with Gasteiger partial charge in [0.15, 0.2) is 0 Å². The zero-order chi connectivity index (χ0) is 15.6. The van der Waals surface area contributed by atoms with Gasteiger partial charge in [0.1, 0.15) is 11.2 Å². The van der Waals surface area contributed by atoms with Gasteiger partial charge in [-0.1, -0.05) is 18.2 Å². The lowest BCUT2D eigenvalue weighted by Gasteiger charge is -2.16. The average molecular weight is 298 g/mol. The average Bonchev–Trinajstić information content (AvgIpc) is 3.17. The van der Waals surface area contributed by atoms with E-state index in [4.69, 9.17) is 4.42 Å². The third kappa shape index (κ3) is 2.74. The Morgan fingerprint density at radius 2 is 1.91 bits per heavy atom. The molecule has 22 heavy (non-hydrogen) atoms. The van der Waals surface area contributed by atoms with E-state index in [-0.39, 0.29) is 11.8 Å². The van der Waals surface area contributed by atoms with Gasteiger partial charge in [0.05, 0.1) is 12.8 Å². The second-order valence-corrected chi connectivity index (χ2v) is 5.61. The van der Waals surface area contributed by atoms with E-state index in [1.54, 1.807) is 18.4 Å². The molecule has 0 bridgehead atoms. The molecular formula is C17H18N2O3. The Balaban J connectivity index is 1.64. The van der Waals surface area contributed by atoms with E-state index >= 15 is 0 Å². The number of amides is 2. The van der Waals surface area contributed by atoms with Crippen LogP contribution in [-0.4, -0.2) is 11.8 Å². The summed E-state index contributed by atoms with van der Waals surface area (Å²) in [5.74, 6) is 0.192. The molecule has 2 aromatic rings. The van der Waals surface area contributed by atoms with Crippen molar-refractivity contribution in [2.75, 3.05) is 5.32 Å². The molecule has 3 rings (SSSR count). The predicted octanol–water partition coefficient (Wildman–Crippen LogP) is 2.62. The minimum Gasteiger partial charge on any atom is -0.467 e. The maximum Gasteiger partial charge on any atom is 0.240 e. The standard InChI is InChI=1S/C17H18N2O3/c1-12-5-2-3-7-14(12)19-16(21)17(8-9-17)15(20)18-11-13-6-4-10-22-13/h2-7,10H,8-9,11H2,1H3,(H,18,20)(H,19,21). The van der Waals surface area contributed by atoms with Crippen LogP contribution in [0.15, 0.2) is 47.1 Å². The summed E-state index contributed by atoms with van der Waals surface area (Å²) in [5, 5.41) is 5.64. The molecule has 1 saturated carbocycles. The molecule has 5 nitrogen and oxygen atoms in total. The van der Waals surface area contributed by atoms with Crippen molar-refractivity contribution in [1.82, 2.24) is 5.32 Å². The Kier molecular flexibility index (Phi) is 3.71. The lowest BCUT2D eigenvalue weighted by Crippen LogP contribution is -2.39. The van der Waals surface area contributed by atoms with Gasteiger partial charge < -0.3 is 15.1 Å². The van der Waals surface area contributed by atoms with Crippen molar-refractivity contribution in [3.63, 3.8) is 0 Å². The summed E-state index contributed by atoms with van der Waals surface area (Å²) in [6.45, 7) is 2.22. The molecule has 0 spiro atoms. The van der Waals surface area contributed by atoms with Gasteiger partial charge in [0.2, 0.25) is 11.8 Å². The van der Waals surface area contributed by atoms with Crippen LogP contribution in [0, 0.1) is 12.3 Å². The molecule has 0 aliphatic heterocycles. The van der Waals surface area contributed by atoms with E-state index in [1.807, 2.05) is 31.2 Å². The van der Waals surface area contributed by atoms with Crippen LogP contribution in [0.2, 0.25) is 0 Å². The highest BCUT2D eigenvalue weighted by molar-refractivity contribution is 6.13. The number of carbonyl (C=O) groups excluding carboxylic acids is 2. The second-order valence-electron chi connectivity index (χ2n) is 5.61. The first kappa shape index (κ1) is 14.4. The molecule has 1 aromatic carbocycles. The molecule has 2 N–H and O–H groups in total. The van der Waals surface area contributed by atoms with E-state index in [2.05, 4.69) is 10.6 Å². The summed E-state index contributed by atoms with van der Waals surface area (Å²) >= 11 is 0. The Hall–Kier alpha value is -2.56. The van der Waals surface area contributed by atoms with Crippen molar-refractivity contribution in [2.45, 2.75) is 26.3 Å². The number of aryl methyl sites for hydroxylation is 1. The van der Waals surface area contributed by atoms with Crippen molar-refractivity contribution < 1.29 is 14.0 Å². The fraction of sp³-hybridized carbons (Fsp3) is 0.294. The molecule has 0 saturated heterocycles. The van der Waals surface area contributed by atoms with Gasteiger partial charge in [-0.05, 0) is 43.5 Å². The van der Waals surface area contributed by atoms with Crippen LogP contribution in [0.3, 0.4) is 0 Å². The van der Waals surface area contributed by atoms with Crippen molar-refractivity contribution in [1.29, 1.82) is 0 Å². The number of furan rings is 1. The van der Waals surface area contributed by atoms with Crippen LogP contribution in [0.25, 0.3) is 0 Å². The number of anilines is 1. The molecular weight excluding hydrogens is 280 g/mol. The van der Waals surface area contributed by atoms with E-state index < -0.39 is 5.41 Å². The molecule has 5 heteroatoms. The van der Waals surface area contributed by atoms with E-state index in [9.17, 15) is 9.59 Å². The third-order valence-corrected chi connectivity index (χ3v) is 4.02. The maximum absolute atomic E-state index is 12.5. The topological polar surface area (TPSA) is 71.3 Å². The lowest BCUT2D eigenvalue weighted by molar-refractivity contribution is -0.134. The first-order valence-electron chi connectivity index (χ1n) is 7.29. The Morgan fingerprint density at radius 3 is 2.55 bits per heavy atom. The highest BCUT2D eigenvalue weighted by Crippen LogP contribution is 2.47. The molecule has 0 unspecified atom stereocenters. The highest BCUT2D eigenvalue weighted by atomic mass is 16.3. The predicted molar refractivity (Wildman–Crippen MR) is 82.0 cm³/mol. The smallest absolute Gasteiger partial charge is 0.240 e. The maximum atomic E-state index is 12.5. The van der Waals surface area contributed by atoms with E-state index in [0.717, 1.165) is 11.3 Å². The molecule has 0 atom stereocenters. The van der Waals surface area contributed by atoms with Gasteiger partial charge in [-0.25, -0.2) is 0 Å². The summed E-state index contributed by atoms with van der Waals surface area (Å²) in [4.78, 5) is 24.8. The number of carbonyl (C=O) groups is 2. The first-order valence-corrected chi connectivity index (χ1v) is 7.29. The summed E-state index contributed by atoms with van der Waals surface area (Å²) in [6, 6.07) is 11.1. The minimum atomic E-state index is -0.936. The van der Waals surface area contributed by atoms with Crippen molar-refractivity contribution in [2.24, 2.45) is 5.41 Å². The number of para-hydroxylation sites is 1. The number of hydrogen-bond acceptors (Lipinski definition) is 3. The highest BCUT2D eigenvalue weighted by Gasteiger charge is 2.56. The SMILES string of the molecule is Cc1ccccc1NC(=O)C1(C(=O)NCc2ccco2)CC1. The fourth-order valence-corrected chi connectivity index (χ4v) is 2.39. The summed E-state index contributed by atoms with van der Waals surface area (Å²) in [6.07, 6.45) is 2.71. The molecule has 1 aromatic heterocycles. The van der Waals surface area contributed by atoms with Gasteiger partial charge >= 0.3 is 0 Å². The molecule has 2 amide bonds. The Bertz CT molecular complexity index is 688. The van der Waals surface area contributed by atoms with Crippen LogP contribution in [0.5, 0.6) is 0 Å². The van der Waals surface area contributed by atoms with Crippen molar-refractivity contribution in [3.8, 4) is 0 Å². The largest absolute Gasteiger partial charge is 0.467 e. The van der Waals surface area contributed by atoms with Gasteiger partial charge in [0, 0.05) is 5.69 Å². The molecule has 1 aliphatic rings. The second kappa shape index (κ2) is 5.67. The van der Waals surface area contributed by atoms with E-state index in [0.29, 0.717) is 25.1 Å². The normalized spacial score (nSPS) is 15.1. The molecule has 0 radical (unpaired) electrons. The van der Waals surface area contributed by atoms with Crippen molar-refractivity contribution in [3.05, 3.63) is 54.0 Å². The van der Waals surface area contributed by atoms with Crippen molar-refractivity contribution >= 4 is 17.5 Å². The molecule has 114 valence electrons. The zero-order valence-electron chi connectivity index (χ0n) is 12.4. The number of benzene rings is 1. The number of nitrogens with one attached hydrogen (secondary N) is 2. The monoisotopic (exact) mass is 298 g/mol. The summed E-state index contributed by atoms with van der Waals surface area (Å²) in [5.41, 5.74) is 0.787. The molecule has 1 aliphatic carbocycles. The third-order valence-electron chi connectivity index (χ3n) is 4.02. The van der Waals surface area contributed by atoms with Crippen LogP contribution in [0.4, 0.5) is 5.69 Å². The number of rotatable bonds is 5. The van der Waals surface area contributed by atoms with E-state index in [1.165, 1.54) is 0 Å². The van der Waals surface area contributed by atoms with Gasteiger partial charge in [0.25, 0.3) is 0 Å². The zero-order valence-corrected chi connectivity index (χ0v) is 12.4. The van der Waals surface area contributed by atoms with Crippen LogP contribution in [0.1, 0.15) is 24.2 Å².